The van der Waals surface area contributed by atoms with Crippen LogP contribution in [0.4, 0.5) is 0 Å². The summed E-state index contributed by atoms with van der Waals surface area (Å²) in [7, 11) is 0. The van der Waals surface area contributed by atoms with Crippen molar-refractivity contribution in [3.8, 4) is 0 Å². The van der Waals surface area contributed by atoms with Crippen LogP contribution in [0.1, 0.15) is 43.2 Å². The summed E-state index contributed by atoms with van der Waals surface area (Å²) in [4.78, 5) is 16.3. The Morgan fingerprint density at radius 2 is 2.17 bits per heavy atom. The van der Waals surface area contributed by atoms with Crippen molar-refractivity contribution in [2.75, 3.05) is 0 Å². The van der Waals surface area contributed by atoms with Crippen molar-refractivity contribution >= 4 is 5.91 Å². The molecular weight excluding hydrogens is 298 g/mol. The molecule has 2 fully saturated rings. The van der Waals surface area contributed by atoms with Crippen LogP contribution in [-0.4, -0.2) is 15.5 Å². The highest BCUT2D eigenvalue weighted by Gasteiger charge is 2.39. The van der Waals surface area contributed by atoms with E-state index in [0.29, 0.717) is 12.5 Å². The van der Waals surface area contributed by atoms with Crippen molar-refractivity contribution in [2.45, 2.75) is 45.2 Å². The van der Waals surface area contributed by atoms with E-state index in [9.17, 15) is 4.79 Å². The predicted octanol–water partition coefficient (Wildman–Crippen LogP) is 3.37. The molecule has 1 amide bonds. The summed E-state index contributed by atoms with van der Waals surface area (Å²) in [5, 5.41) is 3.11. The highest BCUT2D eigenvalue weighted by atomic mass is 16.1. The number of nitrogens with one attached hydrogen (secondary N) is 1. The number of amides is 1. The van der Waals surface area contributed by atoms with E-state index in [1.54, 1.807) is 6.20 Å². The summed E-state index contributed by atoms with van der Waals surface area (Å²) in [6, 6.07) is 8.41. The van der Waals surface area contributed by atoms with E-state index < -0.39 is 0 Å². The maximum Gasteiger partial charge on any atom is 0.220 e. The first-order chi connectivity index (χ1) is 11.8. The molecule has 0 radical (unpaired) electrons. The van der Waals surface area contributed by atoms with Gasteiger partial charge in [-0.1, -0.05) is 30.7 Å². The molecule has 2 bridgehead atoms. The molecule has 4 nitrogen and oxygen atoms in total. The third-order valence-corrected chi connectivity index (χ3v) is 5.74. The van der Waals surface area contributed by atoms with Gasteiger partial charge in [-0.2, -0.15) is 0 Å². The third kappa shape index (κ3) is 3.53. The fraction of sp³-hybridized carbons (Fsp3) is 0.500. The van der Waals surface area contributed by atoms with Crippen LogP contribution in [0.5, 0.6) is 0 Å². The molecule has 2 aromatic rings. The lowest BCUT2D eigenvalue weighted by Crippen LogP contribution is -2.26. The molecule has 1 heterocycles. The van der Waals surface area contributed by atoms with Gasteiger partial charge >= 0.3 is 0 Å². The van der Waals surface area contributed by atoms with Crippen molar-refractivity contribution in [1.82, 2.24) is 14.9 Å². The van der Waals surface area contributed by atoms with Gasteiger partial charge < -0.3 is 9.88 Å². The normalized spacial score (nSPS) is 25.1. The van der Waals surface area contributed by atoms with Gasteiger partial charge in [0.2, 0.25) is 5.91 Å². The van der Waals surface area contributed by atoms with E-state index >= 15 is 0 Å². The van der Waals surface area contributed by atoms with E-state index in [2.05, 4.69) is 34.6 Å². The van der Waals surface area contributed by atoms with Crippen molar-refractivity contribution in [2.24, 2.45) is 17.8 Å². The van der Waals surface area contributed by atoms with Crippen molar-refractivity contribution in [1.29, 1.82) is 0 Å². The maximum absolute atomic E-state index is 12.3. The van der Waals surface area contributed by atoms with Crippen molar-refractivity contribution < 1.29 is 4.79 Å². The number of nitrogens with zero attached hydrogens (tertiary/aromatic N) is 2. The summed E-state index contributed by atoms with van der Waals surface area (Å²) in [6.45, 7) is 1.43. The Morgan fingerprint density at radius 1 is 1.25 bits per heavy atom. The number of fused-ring (bicyclic) bond motifs is 2. The number of hydrogen-bond donors (Lipinski definition) is 1. The van der Waals surface area contributed by atoms with Crippen LogP contribution in [-0.2, 0) is 17.9 Å². The van der Waals surface area contributed by atoms with E-state index in [4.69, 9.17) is 0 Å². The van der Waals surface area contributed by atoms with Crippen LogP contribution < -0.4 is 5.32 Å². The SMILES string of the molecule is O=C(C[C@H]1C[C@H]2CC[C@@H]1C2)NCc1cccc(Cn2ccnc2)c1. The molecule has 4 rings (SSSR count). The Morgan fingerprint density at radius 3 is 2.92 bits per heavy atom. The second-order valence-electron chi connectivity index (χ2n) is 7.47. The van der Waals surface area contributed by atoms with E-state index in [0.717, 1.165) is 30.4 Å². The van der Waals surface area contributed by atoms with Crippen LogP contribution in [0.3, 0.4) is 0 Å². The maximum atomic E-state index is 12.3. The fourth-order valence-electron chi connectivity index (χ4n) is 4.57. The zero-order chi connectivity index (χ0) is 16.4. The first-order valence-corrected chi connectivity index (χ1v) is 9.06. The molecule has 1 aromatic carbocycles. The highest BCUT2D eigenvalue weighted by molar-refractivity contribution is 5.76. The van der Waals surface area contributed by atoms with Gasteiger partial charge in [0.1, 0.15) is 0 Å². The van der Waals surface area contributed by atoms with Crippen molar-refractivity contribution in [3.63, 3.8) is 0 Å². The Labute approximate surface area is 143 Å². The average molecular weight is 323 g/mol. The summed E-state index contributed by atoms with van der Waals surface area (Å²) in [5.74, 6) is 2.58. The van der Waals surface area contributed by atoms with Gasteiger partial charge in [-0.25, -0.2) is 4.98 Å². The molecule has 0 aliphatic heterocycles. The molecule has 0 unspecified atom stereocenters. The lowest BCUT2D eigenvalue weighted by molar-refractivity contribution is -0.122. The van der Waals surface area contributed by atoms with Crippen LogP contribution in [0.2, 0.25) is 0 Å². The standard InChI is InChI=1S/C20H25N3O/c24-20(11-19-10-15-4-5-18(19)9-15)22-12-16-2-1-3-17(8-16)13-23-7-6-21-14-23/h1-3,6-8,14-15,18-19H,4-5,9-13H2,(H,22,24)/t15-,18+,19+/m0/s1. The molecule has 1 aromatic heterocycles. The number of imidazole rings is 1. The first kappa shape index (κ1) is 15.4. The Kier molecular flexibility index (Phi) is 4.37. The van der Waals surface area contributed by atoms with Gasteiger partial charge in [0, 0.05) is 31.9 Å². The summed E-state index contributed by atoms with van der Waals surface area (Å²) in [5.41, 5.74) is 2.39. The molecule has 2 saturated carbocycles. The van der Waals surface area contributed by atoms with Gasteiger partial charge in [0.05, 0.1) is 6.33 Å². The number of benzene rings is 1. The Hall–Kier alpha value is -2.10. The highest BCUT2D eigenvalue weighted by Crippen LogP contribution is 2.49. The van der Waals surface area contributed by atoms with Crippen LogP contribution in [0.25, 0.3) is 0 Å². The molecule has 3 atom stereocenters. The minimum Gasteiger partial charge on any atom is -0.352 e. The minimum atomic E-state index is 0.215. The summed E-state index contributed by atoms with van der Waals surface area (Å²) >= 11 is 0. The topological polar surface area (TPSA) is 46.9 Å². The molecule has 2 aliphatic rings. The second-order valence-corrected chi connectivity index (χ2v) is 7.47. The number of carbonyl (C=O) groups is 1. The summed E-state index contributed by atoms with van der Waals surface area (Å²) < 4.78 is 2.05. The monoisotopic (exact) mass is 323 g/mol. The van der Waals surface area contributed by atoms with Crippen LogP contribution in [0.15, 0.2) is 43.0 Å². The van der Waals surface area contributed by atoms with Gasteiger partial charge in [0.25, 0.3) is 0 Å². The molecule has 4 heteroatoms. The van der Waals surface area contributed by atoms with Gasteiger partial charge in [-0.05, 0) is 48.1 Å². The molecule has 2 aliphatic carbocycles. The number of rotatable bonds is 6. The molecule has 0 spiro atoms. The third-order valence-electron chi connectivity index (χ3n) is 5.74. The Bertz CT molecular complexity index is 695. The quantitative estimate of drug-likeness (QED) is 0.886. The minimum absolute atomic E-state index is 0.215. The molecular formula is C20H25N3O. The lowest BCUT2D eigenvalue weighted by atomic mass is 9.86. The van der Waals surface area contributed by atoms with Crippen molar-refractivity contribution in [3.05, 3.63) is 54.1 Å². The molecule has 24 heavy (non-hydrogen) atoms. The van der Waals surface area contributed by atoms with E-state index in [1.165, 1.54) is 31.2 Å². The zero-order valence-electron chi connectivity index (χ0n) is 14.0. The van der Waals surface area contributed by atoms with Gasteiger partial charge in [-0.15, -0.1) is 0 Å². The molecule has 0 saturated heterocycles. The number of hydrogen-bond acceptors (Lipinski definition) is 2. The van der Waals surface area contributed by atoms with Gasteiger partial charge in [0.15, 0.2) is 0 Å². The number of carbonyl (C=O) groups excluding carboxylic acids is 1. The first-order valence-electron chi connectivity index (χ1n) is 9.06. The zero-order valence-corrected chi connectivity index (χ0v) is 14.0. The predicted molar refractivity (Wildman–Crippen MR) is 93.2 cm³/mol. The largest absolute Gasteiger partial charge is 0.352 e. The average Bonchev–Trinajstić information content (AvgIpc) is 3.31. The smallest absolute Gasteiger partial charge is 0.220 e. The summed E-state index contributed by atoms with van der Waals surface area (Å²) in [6.07, 6.45) is 11.7. The molecule has 126 valence electrons. The van der Waals surface area contributed by atoms with E-state index in [-0.39, 0.29) is 5.91 Å². The van der Waals surface area contributed by atoms with Crippen LogP contribution in [0, 0.1) is 17.8 Å². The Balaban J connectivity index is 1.28. The van der Waals surface area contributed by atoms with Gasteiger partial charge in [-0.3, -0.25) is 4.79 Å². The lowest BCUT2D eigenvalue weighted by Gasteiger charge is -2.20. The fourth-order valence-corrected chi connectivity index (χ4v) is 4.57. The number of aromatic nitrogens is 2. The van der Waals surface area contributed by atoms with Crippen LogP contribution >= 0.6 is 0 Å². The molecule has 1 N–H and O–H groups in total. The second kappa shape index (κ2) is 6.80. The van der Waals surface area contributed by atoms with E-state index in [1.807, 2.05) is 17.1 Å².